The summed E-state index contributed by atoms with van der Waals surface area (Å²) in [4.78, 5) is 28.0. The van der Waals surface area contributed by atoms with E-state index in [4.69, 9.17) is 21.1 Å². The maximum absolute atomic E-state index is 13.4. The van der Waals surface area contributed by atoms with Crippen molar-refractivity contribution in [1.29, 1.82) is 0 Å². The van der Waals surface area contributed by atoms with Crippen LogP contribution < -0.4 is 14.8 Å². The zero-order valence-electron chi connectivity index (χ0n) is 20.9. The summed E-state index contributed by atoms with van der Waals surface area (Å²) in [5.41, 5.74) is 1.90. The molecular weight excluding hydrogens is 452 g/mol. The van der Waals surface area contributed by atoms with Gasteiger partial charge >= 0.3 is 0 Å². The SMILES string of the molecule is CCOc1ccc(CCC(=O)N(Cc2ccc(Cl)cc2)C(CC)C(=O)NC(C)C)cc1OCC. The third-order valence-electron chi connectivity index (χ3n) is 5.32. The molecule has 7 heteroatoms. The Morgan fingerprint density at radius 1 is 0.941 bits per heavy atom. The quantitative estimate of drug-likeness (QED) is 0.409. The van der Waals surface area contributed by atoms with Gasteiger partial charge in [0, 0.05) is 24.0 Å². The van der Waals surface area contributed by atoms with E-state index < -0.39 is 6.04 Å². The van der Waals surface area contributed by atoms with Gasteiger partial charge in [-0.25, -0.2) is 0 Å². The van der Waals surface area contributed by atoms with Crippen molar-refractivity contribution in [2.75, 3.05) is 13.2 Å². The number of carbonyl (C=O) groups is 2. The molecule has 2 amide bonds. The Morgan fingerprint density at radius 3 is 2.15 bits per heavy atom. The molecule has 2 aromatic rings. The monoisotopic (exact) mass is 488 g/mol. The second-order valence-electron chi connectivity index (χ2n) is 8.38. The molecule has 0 fully saturated rings. The molecule has 0 heterocycles. The molecule has 186 valence electrons. The lowest BCUT2D eigenvalue weighted by molar-refractivity contribution is -0.141. The second-order valence-corrected chi connectivity index (χ2v) is 8.82. The summed E-state index contributed by atoms with van der Waals surface area (Å²) in [7, 11) is 0. The number of carbonyl (C=O) groups excluding carboxylic acids is 2. The number of aryl methyl sites for hydroxylation is 1. The van der Waals surface area contributed by atoms with Crippen LogP contribution in [0.5, 0.6) is 11.5 Å². The number of ether oxygens (including phenoxy) is 2. The lowest BCUT2D eigenvalue weighted by atomic mass is 10.1. The zero-order chi connectivity index (χ0) is 25.1. The Kier molecular flexibility index (Phi) is 11.2. The molecule has 0 aliphatic heterocycles. The Morgan fingerprint density at radius 2 is 1.56 bits per heavy atom. The standard InChI is InChI=1S/C27H37ClN2O4/c1-6-23(27(32)29-19(4)5)30(18-21-9-13-22(28)14-10-21)26(31)16-12-20-11-15-24(33-7-2)25(17-20)34-8-3/h9-11,13-15,17,19,23H,6-8,12,16,18H2,1-5H3,(H,29,32). The first-order valence-electron chi connectivity index (χ1n) is 12.0. The highest BCUT2D eigenvalue weighted by atomic mass is 35.5. The van der Waals surface area contributed by atoms with E-state index in [0.717, 1.165) is 11.1 Å². The van der Waals surface area contributed by atoms with E-state index in [1.54, 1.807) is 17.0 Å². The summed E-state index contributed by atoms with van der Waals surface area (Å²) >= 11 is 6.03. The minimum absolute atomic E-state index is 0.00475. The molecule has 1 unspecified atom stereocenters. The number of nitrogens with one attached hydrogen (secondary N) is 1. The molecule has 34 heavy (non-hydrogen) atoms. The lowest BCUT2D eigenvalue weighted by Gasteiger charge is -2.31. The average Bonchev–Trinajstić information content (AvgIpc) is 2.80. The minimum atomic E-state index is -0.551. The van der Waals surface area contributed by atoms with Crippen LogP contribution in [0.15, 0.2) is 42.5 Å². The van der Waals surface area contributed by atoms with Crippen molar-refractivity contribution in [2.45, 2.75) is 72.5 Å². The third kappa shape index (κ3) is 8.24. The third-order valence-corrected chi connectivity index (χ3v) is 5.57. The smallest absolute Gasteiger partial charge is 0.243 e. The van der Waals surface area contributed by atoms with Gasteiger partial charge in [-0.05, 0) is 75.9 Å². The van der Waals surface area contributed by atoms with Crippen molar-refractivity contribution in [3.63, 3.8) is 0 Å². The number of benzene rings is 2. The first kappa shape index (κ1) is 27.5. The Hall–Kier alpha value is -2.73. The van der Waals surface area contributed by atoms with Gasteiger partial charge in [-0.1, -0.05) is 36.7 Å². The Labute approximate surface area is 208 Å². The maximum atomic E-state index is 13.4. The predicted octanol–water partition coefficient (Wildman–Crippen LogP) is 5.40. The minimum Gasteiger partial charge on any atom is -0.490 e. The number of nitrogens with zero attached hydrogens (tertiary/aromatic N) is 1. The fourth-order valence-corrected chi connectivity index (χ4v) is 3.86. The van der Waals surface area contributed by atoms with Crippen molar-refractivity contribution in [3.05, 3.63) is 58.6 Å². The summed E-state index contributed by atoms with van der Waals surface area (Å²) in [5.74, 6) is 1.15. The lowest BCUT2D eigenvalue weighted by Crippen LogP contribution is -2.50. The van der Waals surface area contributed by atoms with Gasteiger partial charge in [0.15, 0.2) is 11.5 Å². The van der Waals surface area contributed by atoms with Crippen LogP contribution in [-0.2, 0) is 22.6 Å². The molecule has 0 bridgehead atoms. The molecule has 6 nitrogen and oxygen atoms in total. The molecule has 0 aromatic heterocycles. The van der Waals surface area contributed by atoms with E-state index in [1.165, 1.54) is 0 Å². The van der Waals surface area contributed by atoms with Gasteiger partial charge in [-0.3, -0.25) is 9.59 Å². The number of halogens is 1. The summed E-state index contributed by atoms with van der Waals surface area (Å²) in [6.07, 6.45) is 1.33. The van der Waals surface area contributed by atoms with Crippen LogP contribution in [0.4, 0.5) is 0 Å². The van der Waals surface area contributed by atoms with Crippen molar-refractivity contribution in [1.82, 2.24) is 10.2 Å². The van der Waals surface area contributed by atoms with Gasteiger partial charge < -0.3 is 19.7 Å². The van der Waals surface area contributed by atoms with Gasteiger partial charge in [0.05, 0.1) is 13.2 Å². The molecular formula is C27H37ClN2O4. The normalized spacial score (nSPS) is 11.7. The molecule has 0 aliphatic carbocycles. The van der Waals surface area contributed by atoms with Crippen LogP contribution in [0.2, 0.25) is 5.02 Å². The highest BCUT2D eigenvalue weighted by molar-refractivity contribution is 6.30. The van der Waals surface area contributed by atoms with E-state index >= 15 is 0 Å². The Balaban J connectivity index is 2.22. The number of rotatable bonds is 13. The van der Waals surface area contributed by atoms with Crippen LogP contribution in [0.1, 0.15) is 58.6 Å². The predicted molar refractivity (Wildman–Crippen MR) is 136 cm³/mol. The van der Waals surface area contributed by atoms with Crippen molar-refractivity contribution >= 4 is 23.4 Å². The molecule has 0 radical (unpaired) electrons. The highest BCUT2D eigenvalue weighted by Gasteiger charge is 2.28. The maximum Gasteiger partial charge on any atom is 0.243 e. The van der Waals surface area contributed by atoms with E-state index in [1.807, 2.05) is 65.0 Å². The number of hydrogen-bond acceptors (Lipinski definition) is 4. The van der Waals surface area contributed by atoms with E-state index in [0.29, 0.717) is 49.1 Å². The molecule has 0 spiro atoms. The molecule has 2 rings (SSSR count). The highest BCUT2D eigenvalue weighted by Crippen LogP contribution is 2.29. The van der Waals surface area contributed by atoms with Gasteiger partial charge in [0.25, 0.3) is 0 Å². The van der Waals surface area contributed by atoms with Crippen LogP contribution in [0.25, 0.3) is 0 Å². The van der Waals surface area contributed by atoms with Crippen LogP contribution >= 0.6 is 11.6 Å². The number of hydrogen-bond donors (Lipinski definition) is 1. The van der Waals surface area contributed by atoms with Crippen LogP contribution in [0.3, 0.4) is 0 Å². The first-order chi connectivity index (χ1) is 16.3. The first-order valence-corrected chi connectivity index (χ1v) is 12.4. The fraction of sp³-hybridized carbons (Fsp3) is 0.481. The van der Waals surface area contributed by atoms with Crippen molar-refractivity contribution < 1.29 is 19.1 Å². The number of amides is 2. The van der Waals surface area contributed by atoms with Crippen LogP contribution in [0, 0.1) is 0 Å². The van der Waals surface area contributed by atoms with Crippen LogP contribution in [-0.4, -0.2) is 42.0 Å². The van der Waals surface area contributed by atoms with Gasteiger partial charge in [-0.2, -0.15) is 0 Å². The van der Waals surface area contributed by atoms with Gasteiger partial charge in [0.2, 0.25) is 11.8 Å². The Bertz CT molecular complexity index is 931. The van der Waals surface area contributed by atoms with Crippen molar-refractivity contribution in [2.24, 2.45) is 0 Å². The summed E-state index contributed by atoms with van der Waals surface area (Å²) in [6.45, 7) is 11.0. The summed E-state index contributed by atoms with van der Waals surface area (Å²) in [5, 5.41) is 3.58. The molecule has 1 N–H and O–H groups in total. The summed E-state index contributed by atoms with van der Waals surface area (Å²) < 4.78 is 11.3. The van der Waals surface area contributed by atoms with E-state index in [-0.39, 0.29) is 24.3 Å². The topological polar surface area (TPSA) is 67.9 Å². The fourth-order valence-electron chi connectivity index (χ4n) is 3.73. The average molecular weight is 489 g/mol. The van der Waals surface area contributed by atoms with E-state index in [9.17, 15) is 9.59 Å². The second kappa shape index (κ2) is 13.9. The molecule has 1 atom stereocenters. The molecule has 0 saturated carbocycles. The molecule has 0 aliphatic rings. The largest absolute Gasteiger partial charge is 0.490 e. The molecule has 0 saturated heterocycles. The van der Waals surface area contributed by atoms with Gasteiger partial charge in [-0.15, -0.1) is 0 Å². The zero-order valence-corrected chi connectivity index (χ0v) is 21.7. The molecule has 2 aromatic carbocycles. The van der Waals surface area contributed by atoms with E-state index in [2.05, 4.69) is 5.32 Å². The van der Waals surface area contributed by atoms with Crippen molar-refractivity contribution in [3.8, 4) is 11.5 Å². The summed E-state index contributed by atoms with van der Waals surface area (Å²) in [6, 6.07) is 12.6. The van der Waals surface area contributed by atoms with Gasteiger partial charge in [0.1, 0.15) is 6.04 Å².